The van der Waals surface area contributed by atoms with Gasteiger partial charge in [-0.2, -0.15) is 0 Å². The molecule has 140 valence electrons. The zero-order chi connectivity index (χ0) is 18.1. The number of nitrogens with one attached hydrogen (secondary N) is 2. The van der Waals surface area contributed by atoms with Crippen molar-refractivity contribution in [1.29, 1.82) is 0 Å². The summed E-state index contributed by atoms with van der Waals surface area (Å²) in [6.45, 7) is 1.58. The first kappa shape index (κ1) is 20.3. The van der Waals surface area contributed by atoms with Gasteiger partial charge in [0.25, 0.3) is 0 Å². The van der Waals surface area contributed by atoms with Gasteiger partial charge in [-0.05, 0) is 24.6 Å². The lowest BCUT2D eigenvalue weighted by atomic mass is 10.1. The first-order valence-electron chi connectivity index (χ1n) is 7.45. The molecule has 0 aliphatic carbocycles. The van der Waals surface area contributed by atoms with Crippen LogP contribution < -0.4 is 21.3 Å². The highest BCUT2D eigenvalue weighted by Crippen LogP contribution is 2.41. The highest BCUT2D eigenvalue weighted by molar-refractivity contribution is 6.30. The summed E-state index contributed by atoms with van der Waals surface area (Å²) in [7, 11) is 0. The average Bonchev–Trinajstić information content (AvgIpc) is 2.55. The van der Waals surface area contributed by atoms with Crippen molar-refractivity contribution in [2.75, 3.05) is 16.8 Å². The number of anilines is 3. The molecule has 0 radical (unpaired) electrons. The lowest BCUT2D eigenvalue weighted by Crippen LogP contribution is -2.50. The van der Waals surface area contributed by atoms with E-state index < -0.39 is 18.5 Å². The predicted molar refractivity (Wildman–Crippen MR) is 99.4 cm³/mol. The van der Waals surface area contributed by atoms with E-state index in [4.69, 9.17) is 17.3 Å². The molecule has 0 fully saturated rings. The van der Waals surface area contributed by atoms with Gasteiger partial charge in [-0.1, -0.05) is 17.7 Å². The van der Waals surface area contributed by atoms with Crippen molar-refractivity contribution in [3.8, 4) is 0 Å². The summed E-state index contributed by atoms with van der Waals surface area (Å²) >= 11 is 6.07. The van der Waals surface area contributed by atoms with Crippen molar-refractivity contribution in [2.45, 2.75) is 19.5 Å². The van der Waals surface area contributed by atoms with Gasteiger partial charge in [0.2, 0.25) is 5.91 Å². The molecular weight excluding hydrogens is 383 g/mol. The van der Waals surface area contributed by atoms with Crippen LogP contribution in [0, 0.1) is 6.92 Å². The van der Waals surface area contributed by atoms with E-state index in [0.717, 1.165) is 5.56 Å². The number of aryl methyl sites for hydroxylation is 1. The molecule has 0 bridgehead atoms. The van der Waals surface area contributed by atoms with E-state index in [1.165, 1.54) is 11.0 Å². The minimum absolute atomic E-state index is 0. The Bertz CT molecular complexity index is 822. The molecule has 3 rings (SSSR count). The Labute approximate surface area is 160 Å². The quantitative estimate of drug-likeness (QED) is 0.476. The Hall–Kier alpha value is -2.01. The molecule has 1 aliphatic heterocycles. The van der Waals surface area contributed by atoms with Gasteiger partial charge < -0.3 is 21.3 Å². The van der Waals surface area contributed by atoms with E-state index in [2.05, 4.69) is 20.6 Å². The van der Waals surface area contributed by atoms with Crippen LogP contribution in [0.25, 0.3) is 0 Å². The number of hydrogen-bond acceptors (Lipinski definition) is 8. The largest absolute Gasteiger partial charge is 0.374 e. The summed E-state index contributed by atoms with van der Waals surface area (Å²) in [4.78, 5) is 21.5. The van der Waals surface area contributed by atoms with Crippen LogP contribution in [0.3, 0.4) is 0 Å². The fraction of sp³-hybridized carbons (Fsp3) is 0.267. The number of carbonyl (C=O) groups excluding carboxylic acids is 1. The van der Waals surface area contributed by atoms with Gasteiger partial charge in [-0.3, -0.25) is 9.69 Å². The van der Waals surface area contributed by atoms with E-state index in [0.29, 0.717) is 11.5 Å². The number of aliphatic hydroxyl groups is 2. The summed E-state index contributed by atoms with van der Waals surface area (Å²) < 4.78 is 0. The SMILES string of the molecule is Cc1cccnc1N1c2cc(Cl)nc(NC(=O)CN)c2C(O)NC1O.Cl. The van der Waals surface area contributed by atoms with Gasteiger partial charge in [-0.25, -0.2) is 15.3 Å². The average molecular weight is 401 g/mol. The maximum absolute atomic E-state index is 11.7. The van der Waals surface area contributed by atoms with Crippen LogP contribution in [-0.2, 0) is 4.79 Å². The van der Waals surface area contributed by atoms with E-state index in [-0.39, 0.29) is 35.5 Å². The van der Waals surface area contributed by atoms with Gasteiger partial charge in [-0.15, -0.1) is 12.4 Å². The van der Waals surface area contributed by atoms with Crippen LogP contribution in [0.1, 0.15) is 17.4 Å². The number of hydrogen-bond donors (Lipinski definition) is 5. The first-order chi connectivity index (χ1) is 11.9. The summed E-state index contributed by atoms with van der Waals surface area (Å²) in [5.41, 5.74) is 6.73. The minimum atomic E-state index is -1.27. The molecule has 0 saturated heterocycles. The van der Waals surface area contributed by atoms with Crippen LogP contribution in [-0.4, -0.2) is 39.0 Å². The summed E-state index contributed by atoms with van der Waals surface area (Å²) in [5.74, 6) is 0.0355. The Morgan fingerprint density at radius 1 is 1.50 bits per heavy atom. The Morgan fingerprint density at radius 2 is 2.23 bits per heavy atom. The number of amides is 1. The number of fused-ring (bicyclic) bond motifs is 1. The third-order valence-electron chi connectivity index (χ3n) is 3.74. The third kappa shape index (κ3) is 3.73. The Morgan fingerprint density at radius 3 is 2.88 bits per heavy atom. The molecule has 2 aromatic rings. The maximum atomic E-state index is 11.7. The zero-order valence-corrected chi connectivity index (χ0v) is 15.3. The predicted octanol–water partition coefficient (Wildman–Crippen LogP) is 0.766. The molecule has 3 heterocycles. The lowest BCUT2D eigenvalue weighted by molar-refractivity contribution is -0.114. The third-order valence-corrected chi connectivity index (χ3v) is 3.94. The topological polar surface area (TPSA) is 137 Å². The number of rotatable bonds is 3. The van der Waals surface area contributed by atoms with Crippen molar-refractivity contribution in [3.63, 3.8) is 0 Å². The lowest BCUT2D eigenvalue weighted by Gasteiger charge is -2.39. The second-order valence-corrected chi connectivity index (χ2v) is 5.82. The van der Waals surface area contributed by atoms with Gasteiger partial charge in [0.05, 0.1) is 17.8 Å². The van der Waals surface area contributed by atoms with Crippen LogP contribution >= 0.6 is 24.0 Å². The number of aromatic nitrogens is 2. The second-order valence-electron chi connectivity index (χ2n) is 5.44. The molecule has 1 aliphatic rings. The molecule has 26 heavy (non-hydrogen) atoms. The number of nitrogens with two attached hydrogens (primary N) is 1. The van der Waals surface area contributed by atoms with Crippen LogP contribution in [0.4, 0.5) is 17.3 Å². The molecule has 2 unspecified atom stereocenters. The molecule has 0 saturated carbocycles. The smallest absolute Gasteiger partial charge is 0.239 e. The van der Waals surface area contributed by atoms with Crippen molar-refractivity contribution < 1.29 is 15.0 Å². The molecule has 2 aromatic heterocycles. The molecule has 11 heteroatoms. The van der Waals surface area contributed by atoms with Gasteiger partial charge in [0, 0.05) is 6.20 Å². The first-order valence-corrected chi connectivity index (χ1v) is 7.83. The summed E-state index contributed by atoms with van der Waals surface area (Å²) in [5, 5.41) is 25.9. The van der Waals surface area contributed by atoms with Crippen molar-refractivity contribution in [3.05, 3.63) is 40.7 Å². The Kier molecular flexibility index (Phi) is 6.34. The standard InChI is InChI=1S/C15H17ClN6O3.ClH/c1-7-3-2-4-18-13(7)22-8-5-9(16)19-12(20-10(23)6-17)11(8)14(24)21-15(22)25;/h2-5,14-15,21,24-25H,6,17H2,1H3,(H,19,20,23);1H. The minimum Gasteiger partial charge on any atom is -0.374 e. The van der Waals surface area contributed by atoms with Crippen LogP contribution in [0.15, 0.2) is 24.4 Å². The molecule has 0 spiro atoms. The summed E-state index contributed by atoms with van der Waals surface area (Å²) in [6.07, 6.45) is -0.949. The van der Waals surface area contributed by atoms with Crippen LogP contribution in [0.5, 0.6) is 0 Å². The number of aliphatic hydroxyl groups excluding tert-OH is 2. The number of halogens is 2. The number of nitrogens with zero attached hydrogens (tertiary/aromatic N) is 3. The molecular formula is C15H18Cl2N6O3. The second kappa shape index (κ2) is 8.12. The zero-order valence-electron chi connectivity index (χ0n) is 13.7. The van der Waals surface area contributed by atoms with E-state index in [9.17, 15) is 15.0 Å². The van der Waals surface area contributed by atoms with E-state index >= 15 is 0 Å². The van der Waals surface area contributed by atoms with Gasteiger partial charge in [0.15, 0.2) is 6.35 Å². The monoisotopic (exact) mass is 400 g/mol. The highest BCUT2D eigenvalue weighted by Gasteiger charge is 2.35. The maximum Gasteiger partial charge on any atom is 0.239 e. The molecule has 0 aromatic carbocycles. The van der Waals surface area contributed by atoms with Gasteiger partial charge >= 0.3 is 0 Å². The summed E-state index contributed by atoms with van der Waals surface area (Å²) in [6, 6.07) is 5.08. The fourth-order valence-corrected chi connectivity index (χ4v) is 2.84. The molecule has 2 atom stereocenters. The van der Waals surface area contributed by atoms with Crippen molar-refractivity contribution in [2.24, 2.45) is 5.73 Å². The van der Waals surface area contributed by atoms with Crippen LogP contribution in [0.2, 0.25) is 5.15 Å². The van der Waals surface area contributed by atoms with E-state index in [1.807, 2.05) is 13.0 Å². The number of pyridine rings is 2. The number of carbonyl (C=O) groups is 1. The molecule has 9 nitrogen and oxygen atoms in total. The molecule has 1 amide bonds. The van der Waals surface area contributed by atoms with Gasteiger partial charge in [0.1, 0.15) is 23.0 Å². The van der Waals surface area contributed by atoms with E-state index in [1.54, 1.807) is 12.3 Å². The normalized spacial score (nSPS) is 18.7. The fourth-order valence-electron chi connectivity index (χ4n) is 2.65. The molecule has 6 N–H and O–H groups in total. The highest BCUT2D eigenvalue weighted by atomic mass is 35.5. The Balaban J connectivity index is 0.00000243. The van der Waals surface area contributed by atoms with Crippen molar-refractivity contribution in [1.82, 2.24) is 15.3 Å². The van der Waals surface area contributed by atoms with Crippen molar-refractivity contribution >= 4 is 47.2 Å².